The Morgan fingerprint density at radius 3 is 2.37 bits per heavy atom. The van der Waals surface area contributed by atoms with Crippen LogP contribution in [0, 0.1) is 0 Å². The minimum Gasteiger partial charge on any atom is -0.292 e. The van der Waals surface area contributed by atoms with Gasteiger partial charge in [0.05, 0.1) is 9.77 Å². The lowest BCUT2D eigenvalue weighted by Crippen LogP contribution is -2.15. The third-order valence-corrected chi connectivity index (χ3v) is 6.13. The van der Waals surface area contributed by atoms with Gasteiger partial charge in [0.25, 0.3) is 0 Å². The molecular formula is C12H8BrClO3S2. The zero-order chi connectivity index (χ0) is 14.0. The highest BCUT2D eigenvalue weighted by Crippen LogP contribution is 2.24. The first-order valence-corrected chi connectivity index (χ1v) is 8.85. The van der Waals surface area contributed by atoms with Crippen molar-refractivity contribution in [2.45, 2.75) is 4.90 Å². The zero-order valence-electron chi connectivity index (χ0n) is 9.47. The molecule has 0 unspecified atom stereocenters. The van der Waals surface area contributed by atoms with E-state index in [0.717, 1.165) is 0 Å². The van der Waals surface area contributed by atoms with E-state index in [1.807, 2.05) is 0 Å². The van der Waals surface area contributed by atoms with E-state index < -0.39 is 21.4 Å². The highest BCUT2D eigenvalue weighted by molar-refractivity contribution is 9.10. The molecule has 0 N–H and O–H groups in total. The van der Waals surface area contributed by atoms with Crippen molar-refractivity contribution in [3.8, 4) is 0 Å². The Labute approximate surface area is 128 Å². The summed E-state index contributed by atoms with van der Waals surface area (Å²) in [6, 6.07) is 7.48. The first-order valence-electron chi connectivity index (χ1n) is 5.14. The van der Waals surface area contributed by atoms with Gasteiger partial charge >= 0.3 is 0 Å². The SMILES string of the molecule is O=C(CS(=O)(=O)c1ccc(Cl)cc1)c1sccc1Br. The molecule has 100 valence electrons. The largest absolute Gasteiger partial charge is 0.292 e. The summed E-state index contributed by atoms with van der Waals surface area (Å²) < 4.78 is 24.8. The Bertz CT molecular complexity index is 705. The summed E-state index contributed by atoms with van der Waals surface area (Å²) in [6.07, 6.45) is 0. The van der Waals surface area contributed by atoms with Crippen molar-refractivity contribution in [2.24, 2.45) is 0 Å². The Hall–Kier alpha value is -0.690. The third-order valence-electron chi connectivity index (χ3n) is 2.36. The molecule has 0 aliphatic carbocycles. The number of hydrogen-bond donors (Lipinski definition) is 0. The maximum Gasteiger partial charge on any atom is 0.189 e. The van der Waals surface area contributed by atoms with Gasteiger partial charge in [-0.25, -0.2) is 8.42 Å². The van der Waals surface area contributed by atoms with Gasteiger partial charge in [0, 0.05) is 9.50 Å². The van der Waals surface area contributed by atoms with E-state index in [1.54, 1.807) is 11.4 Å². The minimum absolute atomic E-state index is 0.0953. The highest BCUT2D eigenvalue weighted by atomic mass is 79.9. The number of rotatable bonds is 4. The van der Waals surface area contributed by atoms with Crippen LogP contribution in [0.3, 0.4) is 0 Å². The molecule has 1 heterocycles. The first kappa shape index (κ1) is 14.7. The second kappa shape index (κ2) is 5.75. The van der Waals surface area contributed by atoms with Gasteiger partial charge in [0.15, 0.2) is 15.6 Å². The molecular weight excluding hydrogens is 372 g/mol. The van der Waals surface area contributed by atoms with E-state index in [-0.39, 0.29) is 4.90 Å². The average molecular weight is 380 g/mol. The maximum absolute atomic E-state index is 12.1. The molecule has 7 heteroatoms. The summed E-state index contributed by atoms with van der Waals surface area (Å²) in [5, 5.41) is 2.18. The lowest BCUT2D eigenvalue weighted by molar-refractivity contribution is 0.102. The molecule has 0 spiro atoms. The van der Waals surface area contributed by atoms with Crippen LogP contribution in [0.2, 0.25) is 5.02 Å². The van der Waals surface area contributed by atoms with Crippen LogP contribution in [0.25, 0.3) is 0 Å². The van der Waals surface area contributed by atoms with E-state index in [1.165, 1.54) is 35.6 Å². The second-order valence-corrected chi connectivity index (χ2v) is 7.93. The van der Waals surface area contributed by atoms with Crippen molar-refractivity contribution in [3.63, 3.8) is 0 Å². The number of hydrogen-bond acceptors (Lipinski definition) is 4. The summed E-state index contributed by atoms with van der Waals surface area (Å²) in [5.74, 6) is -0.967. The average Bonchev–Trinajstić information content (AvgIpc) is 2.75. The van der Waals surface area contributed by atoms with Gasteiger partial charge in [-0.2, -0.15) is 0 Å². The minimum atomic E-state index is -3.64. The number of ketones is 1. The molecule has 19 heavy (non-hydrogen) atoms. The number of carbonyl (C=O) groups is 1. The number of Topliss-reactive ketones (excluding diaryl/α,β-unsaturated/α-hetero) is 1. The van der Waals surface area contributed by atoms with Gasteiger partial charge < -0.3 is 0 Å². The van der Waals surface area contributed by atoms with Crippen LogP contribution in [0.15, 0.2) is 45.1 Å². The van der Waals surface area contributed by atoms with Gasteiger partial charge in [0.1, 0.15) is 5.75 Å². The topological polar surface area (TPSA) is 51.2 Å². The Morgan fingerprint density at radius 1 is 1.21 bits per heavy atom. The molecule has 0 radical (unpaired) electrons. The van der Waals surface area contributed by atoms with E-state index in [0.29, 0.717) is 14.4 Å². The van der Waals surface area contributed by atoms with Crippen LogP contribution in [0.1, 0.15) is 9.67 Å². The smallest absolute Gasteiger partial charge is 0.189 e. The van der Waals surface area contributed by atoms with Crippen molar-refractivity contribution in [2.75, 3.05) is 5.75 Å². The maximum atomic E-state index is 12.1. The summed E-state index contributed by atoms with van der Waals surface area (Å²) in [4.78, 5) is 12.5. The standard InChI is InChI=1S/C12H8BrClO3S2/c13-10-5-6-18-12(10)11(15)7-19(16,17)9-3-1-8(14)2-4-9/h1-6H,7H2. The van der Waals surface area contributed by atoms with E-state index in [9.17, 15) is 13.2 Å². The fraction of sp³-hybridized carbons (Fsp3) is 0.0833. The molecule has 0 atom stereocenters. The van der Waals surface area contributed by atoms with Gasteiger partial charge in [-0.15, -0.1) is 11.3 Å². The Kier molecular flexibility index (Phi) is 4.45. The van der Waals surface area contributed by atoms with Crippen LogP contribution in [0.5, 0.6) is 0 Å². The number of sulfone groups is 1. The normalized spacial score (nSPS) is 11.5. The molecule has 1 aromatic heterocycles. The molecule has 0 bridgehead atoms. The molecule has 0 saturated heterocycles. The fourth-order valence-electron chi connectivity index (χ4n) is 1.46. The lowest BCUT2D eigenvalue weighted by Gasteiger charge is -2.03. The predicted molar refractivity (Wildman–Crippen MR) is 79.9 cm³/mol. The summed E-state index contributed by atoms with van der Waals surface area (Å²) in [6.45, 7) is 0. The quantitative estimate of drug-likeness (QED) is 0.759. The summed E-state index contributed by atoms with van der Waals surface area (Å²) in [5.41, 5.74) is 0. The third kappa shape index (κ3) is 3.45. The Balaban J connectivity index is 2.25. The van der Waals surface area contributed by atoms with Crippen LogP contribution in [-0.2, 0) is 9.84 Å². The monoisotopic (exact) mass is 378 g/mol. The molecule has 3 nitrogen and oxygen atoms in total. The van der Waals surface area contributed by atoms with E-state index in [2.05, 4.69) is 15.9 Å². The molecule has 2 rings (SSSR count). The lowest BCUT2D eigenvalue weighted by atomic mass is 10.3. The molecule has 0 amide bonds. The van der Waals surface area contributed by atoms with Crippen molar-refractivity contribution < 1.29 is 13.2 Å². The van der Waals surface area contributed by atoms with Gasteiger partial charge in [-0.05, 0) is 51.6 Å². The first-order chi connectivity index (χ1) is 8.90. The zero-order valence-corrected chi connectivity index (χ0v) is 13.4. The Morgan fingerprint density at radius 2 is 1.84 bits per heavy atom. The molecule has 1 aromatic carbocycles. The second-order valence-electron chi connectivity index (χ2n) is 3.73. The highest BCUT2D eigenvalue weighted by Gasteiger charge is 2.22. The number of carbonyl (C=O) groups excluding carboxylic acids is 1. The van der Waals surface area contributed by atoms with Crippen molar-refractivity contribution >= 4 is 54.5 Å². The summed E-state index contributed by atoms with van der Waals surface area (Å²) >= 11 is 10.1. The molecule has 0 aliphatic rings. The van der Waals surface area contributed by atoms with Crippen LogP contribution in [0.4, 0.5) is 0 Å². The number of benzene rings is 1. The molecule has 0 fully saturated rings. The summed E-state index contributed by atoms with van der Waals surface area (Å²) in [7, 11) is -3.64. The van der Waals surface area contributed by atoms with Gasteiger partial charge in [0.2, 0.25) is 0 Å². The molecule has 0 aliphatic heterocycles. The molecule has 0 saturated carbocycles. The molecule has 2 aromatic rings. The van der Waals surface area contributed by atoms with Crippen LogP contribution < -0.4 is 0 Å². The number of thiophene rings is 1. The van der Waals surface area contributed by atoms with Crippen LogP contribution >= 0.6 is 38.9 Å². The van der Waals surface area contributed by atoms with Crippen LogP contribution in [-0.4, -0.2) is 20.0 Å². The van der Waals surface area contributed by atoms with Crippen molar-refractivity contribution in [3.05, 3.63) is 50.1 Å². The van der Waals surface area contributed by atoms with Crippen molar-refractivity contribution in [1.29, 1.82) is 0 Å². The van der Waals surface area contributed by atoms with Gasteiger partial charge in [-0.3, -0.25) is 4.79 Å². The van der Waals surface area contributed by atoms with Crippen molar-refractivity contribution in [1.82, 2.24) is 0 Å². The van der Waals surface area contributed by atoms with E-state index >= 15 is 0 Å². The van der Waals surface area contributed by atoms with E-state index in [4.69, 9.17) is 11.6 Å². The number of halogens is 2. The predicted octanol–water partition coefficient (Wildman–Crippen LogP) is 3.82. The van der Waals surface area contributed by atoms with Gasteiger partial charge in [-0.1, -0.05) is 11.6 Å². The fourth-order valence-corrected chi connectivity index (χ4v) is 4.41.